The first-order valence-electron chi connectivity index (χ1n) is 14.0. The van der Waals surface area contributed by atoms with E-state index in [4.69, 9.17) is 9.72 Å². The highest BCUT2D eigenvalue weighted by Crippen LogP contribution is 2.42. The number of fused-ring (bicyclic) bond motifs is 2. The quantitative estimate of drug-likeness (QED) is 0.155. The van der Waals surface area contributed by atoms with Crippen LogP contribution in [0.5, 0.6) is 0 Å². The van der Waals surface area contributed by atoms with Crippen LogP contribution in [0.1, 0.15) is 52.5 Å². The minimum absolute atomic E-state index is 0.135. The summed E-state index contributed by atoms with van der Waals surface area (Å²) >= 11 is 0. The summed E-state index contributed by atoms with van der Waals surface area (Å²) in [7, 11) is 0. The van der Waals surface area contributed by atoms with Gasteiger partial charge in [-0.15, -0.1) is 0 Å². The summed E-state index contributed by atoms with van der Waals surface area (Å²) in [5, 5.41) is 0.583. The zero-order chi connectivity index (χ0) is 29.5. The van der Waals surface area contributed by atoms with E-state index in [-0.39, 0.29) is 34.8 Å². The molecule has 2 heterocycles. The normalized spacial score (nSPS) is 20.1. The number of benzene rings is 3. The van der Waals surface area contributed by atoms with Gasteiger partial charge >= 0.3 is 5.97 Å². The van der Waals surface area contributed by atoms with E-state index in [2.05, 4.69) is 6.92 Å². The van der Waals surface area contributed by atoms with E-state index in [1.165, 1.54) is 29.2 Å². The molecule has 0 spiro atoms. The lowest BCUT2D eigenvalue weighted by atomic mass is 9.76. The van der Waals surface area contributed by atoms with E-state index < -0.39 is 24.2 Å². The molecule has 2 amide bonds. The van der Waals surface area contributed by atoms with Crippen molar-refractivity contribution in [2.75, 3.05) is 11.5 Å². The van der Waals surface area contributed by atoms with Crippen molar-refractivity contribution < 1.29 is 28.3 Å². The lowest BCUT2D eigenvalue weighted by Crippen LogP contribution is -2.30. The number of hydrogen-bond donors (Lipinski definition) is 0. The smallest absolute Gasteiger partial charge is 0.339 e. The first kappa shape index (κ1) is 27.4. The largest absolute Gasteiger partial charge is 0.454 e. The number of nitrogens with zero attached hydrogens (tertiary/aromatic N) is 2. The molecule has 0 radical (unpaired) electrons. The third-order valence-electron chi connectivity index (χ3n) is 8.29. The lowest BCUT2D eigenvalue weighted by Gasteiger charge is -2.25. The van der Waals surface area contributed by atoms with E-state index in [1.807, 2.05) is 25.1 Å². The fourth-order valence-corrected chi connectivity index (χ4v) is 6.01. The van der Waals surface area contributed by atoms with Crippen LogP contribution in [0.2, 0.25) is 0 Å². The number of esters is 1. The van der Waals surface area contributed by atoms with Crippen molar-refractivity contribution in [1.82, 2.24) is 4.98 Å². The second-order valence-electron chi connectivity index (χ2n) is 11.3. The SMILES string of the molecule is Cc1ccc2nc(-c3ccc(N4C(=O)[C@@H]5CC[C@@H](C)C[C@H]5C4=O)cc3)cc(C(=O)OCC(=O)c3ccc(F)cc3)c2c1. The number of imide groups is 1. The number of anilines is 1. The highest BCUT2D eigenvalue weighted by atomic mass is 19.1. The molecule has 4 aromatic rings. The summed E-state index contributed by atoms with van der Waals surface area (Å²) in [5.41, 5.74) is 3.68. The molecule has 1 saturated carbocycles. The number of carbonyl (C=O) groups is 4. The zero-order valence-corrected chi connectivity index (χ0v) is 23.3. The molecule has 8 heteroatoms. The Morgan fingerprint density at radius 3 is 2.38 bits per heavy atom. The number of pyridine rings is 1. The number of Topliss-reactive ketones (excluding diaryl/α,β-unsaturated/α-hetero) is 1. The molecule has 1 saturated heterocycles. The molecule has 0 unspecified atom stereocenters. The minimum atomic E-state index is -0.688. The molecular weight excluding hydrogens is 535 g/mol. The first-order valence-corrected chi connectivity index (χ1v) is 14.0. The highest BCUT2D eigenvalue weighted by molar-refractivity contribution is 6.22. The summed E-state index contributed by atoms with van der Waals surface area (Å²) in [6.45, 7) is 3.52. The Labute approximate surface area is 242 Å². The summed E-state index contributed by atoms with van der Waals surface area (Å²) in [5.74, 6) is -1.95. The van der Waals surface area contributed by atoms with Crippen LogP contribution in [-0.4, -0.2) is 35.2 Å². The second-order valence-corrected chi connectivity index (χ2v) is 11.3. The summed E-state index contributed by atoms with van der Waals surface area (Å²) in [6.07, 6.45) is 2.42. The van der Waals surface area contributed by atoms with Crippen LogP contribution in [0.3, 0.4) is 0 Å². The van der Waals surface area contributed by atoms with E-state index in [1.54, 1.807) is 30.3 Å². The van der Waals surface area contributed by atoms with Crippen molar-refractivity contribution in [2.45, 2.75) is 33.1 Å². The summed E-state index contributed by atoms with van der Waals surface area (Å²) in [4.78, 5) is 58.1. The van der Waals surface area contributed by atoms with Crippen LogP contribution in [0, 0.1) is 30.5 Å². The molecule has 1 aliphatic carbocycles. The molecule has 2 aliphatic rings. The number of rotatable bonds is 6. The maximum absolute atomic E-state index is 13.2. The summed E-state index contributed by atoms with van der Waals surface area (Å²) in [6, 6.07) is 19.2. The Morgan fingerprint density at radius 1 is 0.929 bits per heavy atom. The van der Waals surface area contributed by atoms with Crippen LogP contribution in [0.4, 0.5) is 10.1 Å². The average Bonchev–Trinajstić information content (AvgIpc) is 3.24. The average molecular weight is 565 g/mol. The molecule has 7 nitrogen and oxygen atoms in total. The molecule has 0 N–H and O–H groups in total. The maximum atomic E-state index is 13.2. The molecule has 2 fully saturated rings. The van der Waals surface area contributed by atoms with Gasteiger partial charge < -0.3 is 4.74 Å². The molecule has 212 valence electrons. The molecule has 1 aromatic heterocycles. The molecule has 3 atom stereocenters. The molecular formula is C34H29FN2O5. The number of carbonyl (C=O) groups excluding carboxylic acids is 4. The van der Waals surface area contributed by atoms with Crippen molar-refractivity contribution in [1.29, 1.82) is 0 Å². The number of ether oxygens (including phenoxy) is 1. The van der Waals surface area contributed by atoms with Gasteiger partial charge in [0.25, 0.3) is 0 Å². The molecule has 0 bridgehead atoms. The monoisotopic (exact) mass is 564 g/mol. The maximum Gasteiger partial charge on any atom is 0.339 e. The Bertz CT molecular complexity index is 1730. The van der Waals surface area contributed by atoms with Gasteiger partial charge in [-0.1, -0.05) is 30.7 Å². The van der Waals surface area contributed by atoms with E-state index in [9.17, 15) is 23.6 Å². The van der Waals surface area contributed by atoms with Gasteiger partial charge in [0.15, 0.2) is 12.4 Å². The topological polar surface area (TPSA) is 93.6 Å². The first-order chi connectivity index (χ1) is 20.2. The van der Waals surface area contributed by atoms with Gasteiger partial charge in [0.2, 0.25) is 11.8 Å². The van der Waals surface area contributed by atoms with Crippen LogP contribution in [0.25, 0.3) is 22.2 Å². The van der Waals surface area contributed by atoms with Gasteiger partial charge in [0, 0.05) is 16.5 Å². The predicted octanol–water partition coefficient (Wildman–Crippen LogP) is 6.31. The Kier molecular flexibility index (Phi) is 7.14. The Hall–Kier alpha value is -4.72. The number of halogens is 1. The standard InChI is InChI=1S/C34H29FN2O5/c1-19-3-13-25-27(16-19)33(40)37(32(25)39)24-11-7-21(8-12-24)30-17-28(26-15-20(2)4-14-29(26)36-30)34(41)42-18-31(38)22-5-9-23(35)10-6-22/h4-12,14-15,17,19,25,27H,3,13,16,18H2,1-2H3/t19-,25-,27-/m1/s1. The summed E-state index contributed by atoms with van der Waals surface area (Å²) < 4.78 is 18.6. The van der Waals surface area contributed by atoms with E-state index >= 15 is 0 Å². The van der Waals surface area contributed by atoms with Gasteiger partial charge in [-0.05, 0) is 86.7 Å². The number of hydrogen-bond acceptors (Lipinski definition) is 6. The second kappa shape index (κ2) is 10.9. The highest BCUT2D eigenvalue weighted by Gasteiger charge is 2.49. The van der Waals surface area contributed by atoms with Crippen molar-refractivity contribution in [3.63, 3.8) is 0 Å². The number of aromatic nitrogens is 1. The van der Waals surface area contributed by atoms with Gasteiger partial charge in [-0.3, -0.25) is 19.3 Å². The molecule has 1 aliphatic heterocycles. The molecule has 42 heavy (non-hydrogen) atoms. The third-order valence-corrected chi connectivity index (χ3v) is 8.29. The Morgan fingerprint density at radius 2 is 1.64 bits per heavy atom. The van der Waals surface area contributed by atoms with Gasteiger partial charge in [-0.2, -0.15) is 0 Å². The van der Waals surface area contributed by atoms with Crippen LogP contribution in [0.15, 0.2) is 72.8 Å². The van der Waals surface area contributed by atoms with E-state index in [0.717, 1.165) is 24.8 Å². The zero-order valence-electron chi connectivity index (χ0n) is 23.3. The lowest BCUT2D eigenvalue weighted by molar-refractivity contribution is -0.122. The molecule has 6 rings (SSSR count). The van der Waals surface area contributed by atoms with Crippen molar-refractivity contribution in [2.24, 2.45) is 17.8 Å². The Balaban J connectivity index is 1.27. The van der Waals surface area contributed by atoms with E-state index in [0.29, 0.717) is 33.8 Å². The van der Waals surface area contributed by atoms with Crippen LogP contribution < -0.4 is 4.90 Å². The van der Waals surface area contributed by atoms with Crippen molar-refractivity contribution in [3.8, 4) is 11.3 Å². The fourth-order valence-electron chi connectivity index (χ4n) is 6.01. The number of aryl methyl sites for hydroxylation is 1. The van der Waals surface area contributed by atoms with Crippen LogP contribution >= 0.6 is 0 Å². The molecule has 3 aromatic carbocycles. The minimum Gasteiger partial charge on any atom is -0.454 e. The number of ketones is 1. The predicted molar refractivity (Wildman–Crippen MR) is 155 cm³/mol. The van der Waals surface area contributed by atoms with Crippen LogP contribution in [-0.2, 0) is 14.3 Å². The van der Waals surface area contributed by atoms with Gasteiger partial charge in [0.1, 0.15) is 5.82 Å². The third kappa shape index (κ3) is 5.09. The fraction of sp³-hybridized carbons (Fsp3) is 0.265. The van der Waals surface area contributed by atoms with Gasteiger partial charge in [0.05, 0.1) is 34.3 Å². The van der Waals surface area contributed by atoms with Crippen molar-refractivity contribution >= 4 is 40.2 Å². The van der Waals surface area contributed by atoms with Gasteiger partial charge in [-0.25, -0.2) is 14.2 Å². The number of amides is 2. The van der Waals surface area contributed by atoms with Crippen molar-refractivity contribution in [3.05, 3.63) is 95.3 Å².